The van der Waals surface area contributed by atoms with Crippen molar-refractivity contribution in [1.29, 1.82) is 5.26 Å². The van der Waals surface area contributed by atoms with Crippen LogP contribution in [0.15, 0.2) is 46.6 Å². The lowest BCUT2D eigenvalue weighted by atomic mass is 10.1. The van der Waals surface area contributed by atoms with Gasteiger partial charge in [0.2, 0.25) is 0 Å². The van der Waals surface area contributed by atoms with E-state index in [4.69, 9.17) is 9.68 Å². The normalized spacial score (nSPS) is 10.9. The molecule has 100 valence electrons. The minimum atomic E-state index is -0.443. The summed E-state index contributed by atoms with van der Waals surface area (Å²) in [5.74, 6) is 0.0273. The summed E-state index contributed by atoms with van der Waals surface area (Å²) in [5.41, 5.74) is 2.64. The second kappa shape index (κ2) is 5.89. The van der Waals surface area contributed by atoms with Crippen LogP contribution < -0.4 is 5.32 Å². The van der Waals surface area contributed by atoms with E-state index in [0.29, 0.717) is 5.76 Å². The number of carbonyl (C=O) groups is 1. The van der Waals surface area contributed by atoms with Crippen LogP contribution in [0.5, 0.6) is 0 Å². The third kappa shape index (κ3) is 2.96. The maximum atomic E-state index is 12.1. The number of aryl methyl sites for hydroxylation is 2. The van der Waals surface area contributed by atoms with Crippen LogP contribution in [-0.4, -0.2) is 5.91 Å². The van der Waals surface area contributed by atoms with Gasteiger partial charge < -0.3 is 9.73 Å². The van der Waals surface area contributed by atoms with Crippen LogP contribution in [0.3, 0.4) is 0 Å². The van der Waals surface area contributed by atoms with Gasteiger partial charge in [0.05, 0.1) is 6.26 Å². The summed E-state index contributed by atoms with van der Waals surface area (Å²) >= 11 is 0. The molecule has 0 aliphatic heterocycles. The summed E-state index contributed by atoms with van der Waals surface area (Å²) in [6.07, 6.45) is 2.91. The molecule has 0 atom stereocenters. The Morgan fingerprint density at radius 3 is 2.50 bits per heavy atom. The molecule has 0 bridgehead atoms. The van der Waals surface area contributed by atoms with Crippen molar-refractivity contribution in [2.45, 2.75) is 13.8 Å². The van der Waals surface area contributed by atoms with Gasteiger partial charge >= 0.3 is 0 Å². The molecule has 1 aromatic carbocycles. The lowest BCUT2D eigenvalue weighted by Crippen LogP contribution is -2.15. The maximum Gasteiger partial charge on any atom is 0.266 e. The highest BCUT2D eigenvalue weighted by Crippen LogP contribution is 2.20. The van der Waals surface area contributed by atoms with E-state index in [0.717, 1.165) is 16.8 Å². The molecule has 0 saturated carbocycles. The predicted octanol–water partition coefficient (Wildman–Crippen LogP) is 3.44. The van der Waals surface area contributed by atoms with Crippen LogP contribution >= 0.6 is 0 Å². The van der Waals surface area contributed by atoms with E-state index in [1.807, 2.05) is 38.1 Å². The van der Waals surface area contributed by atoms with Crippen molar-refractivity contribution in [3.05, 3.63) is 59.1 Å². The summed E-state index contributed by atoms with van der Waals surface area (Å²) in [4.78, 5) is 12.1. The Kier molecular flexibility index (Phi) is 4.02. The Balaban J connectivity index is 2.25. The van der Waals surface area contributed by atoms with Gasteiger partial charge in [-0.25, -0.2) is 0 Å². The number of nitrogens with zero attached hydrogens (tertiary/aromatic N) is 1. The average Bonchev–Trinajstić information content (AvgIpc) is 2.93. The Morgan fingerprint density at radius 1 is 1.25 bits per heavy atom. The fourth-order valence-corrected chi connectivity index (χ4v) is 1.86. The van der Waals surface area contributed by atoms with E-state index in [1.54, 1.807) is 12.1 Å². The molecule has 20 heavy (non-hydrogen) atoms. The first-order chi connectivity index (χ1) is 9.61. The number of rotatable bonds is 3. The van der Waals surface area contributed by atoms with E-state index in [1.165, 1.54) is 12.3 Å². The largest absolute Gasteiger partial charge is 0.465 e. The molecule has 1 heterocycles. The number of hydrogen-bond donors (Lipinski definition) is 1. The van der Waals surface area contributed by atoms with Gasteiger partial charge in [0.25, 0.3) is 5.91 Å². The van der Waals surface area contributed by atoms with Crippen LogP contribution in [0.25, 0.3) is 6.08 Å². The molecule has 0 fully saturated rings. The molecule has 0 unspecified atom stereocenters. The molecule has 1 N–H and O–H groups in total. The van der Waals surface area contributed by atoms with Crippen molar-refractivity contribution in [2.75, 3.05) is 5.32 Å². The van der Waals surface area contributed by atoms with Crippen molar-refractivity contribution in [3.63, 3.8) is 0 Å². The lowest BCUT2D eigenvalue weighted by molar-refractivity contribution is -0.112. The fraction of sp³-hybridized carbons (Fsp3) is 0.125. The highest BCUT2D eigenvalue weighted by Gasteiger charge is 2.12. The van der Waals surface area contributed by atoms with Gasteiger partial charge in [-0.2, -0.15) is 5.26 Å². The molecular weight excluding hydrogens is 252 g/mol. The molecule has 4 nitrogen and oxygen atoms in total. The first-order valence-corrected chi connectivity index (χ1v) is 6.14. The summed E-state index contributed by atoms with van der Waals surface area (Å²) < 4.78 is 5.11. The second-order valence-electron chi connectivity index (χ2n) is 4.41. The third-order valence-corrected chi connectivity index (χ3v) is 2.91. The van der Waals surface area contributed by atoms with Crippen LogP contribution in [0.2, 0.25) is 0 Å². The molecule has 4 heteroatoms. The van der Waals surface area contributed by atoms with Crippen molar-refractivity contribution >= 4 is 17.7 Å². The number of carbonyl (C=O) groups excluding carboxylic acids is 1. The molecule has 0 aliphatic rings. The van der Waals surface area contributed by atoms with E-state index in [-0.39, 0.29) is 5.57 Å². The fourth-order valence-electron chi connectivity index (χ4n) is 1.86. The van der Waals surface area contributed by atoms with E-state index >= 15 is 0 Å². The van der Waals surface area contributed by atoms with Gasteiger partial charge in [-0.15, -0.1) is 0 Å². The molecule has 2 aromatic rings. The number of hydrogen-bond acceptors (Lipinski definition) is 3. The van der Waals surface area contributed by atoms with E-state index in [9.17, 15) is 4.79 Å². The molecule has 0 spiro atoms. The quantitative estimate of drug-likeness (QED) is 0.683. The Hall–Kier alpha value is -2.80. The van der Waals surface area contributed by atoms with Gasteiger partial charge in [0.1, 0.15) is 17.4 Å². The molecular formula is C16H14N2O2. The number of nitriles is 1. The highest BCUT2D eigenvalue weighted by atomic mass is 16.3. The van der Waals surface area contributed by atoms with E-state index < -0.39 is 5.91 Å². The zero-order valence-corrected chi connectivity index (χ0v) is 11.3. The number of anilines is 1. The molecule has 1 aromatic heterocycles. The first-order valence-electron chi connectivity index (χ1n) is 6.14. The van der Waals surface area contributed by atoms with Crippen LogP contribution in [0.1, 0.15) is 16.9 Å². The average molecular weight is 266 g/mol. The number of benzene rings is 1. The maximum absolute atomic E-state index is 12.1. The minimum absolute atomic E-state index is 0.00241. The Labute approximate surface area is 117 Å². The highest BCUT2D eigenvalue weighted by molar-refractivity contribution is 6.10. The number of para-hydroxylation sites is 1. The second-order valence-corrected chi connectivity index (χ2v) is 4.41. The van der Waals surface area contributed by atoms with E-state index in [2.05, 4.69) is 5.32 Å². The van der Waals surface area contributed by atoms with Crippen molar-refractivity contribution in [2.24, 2.45) is 0 Å². The van der Waals surface area contributed by atoms with Gasteiger partial charge in [0.15, 0.2) is 0 Å². The number of furan rings is 1. The SMILES string of the molecule is Cc1cccc(C)c1NC(=O)/C(C#N)=C\c1ccco1. The van der Waals surface area contributed by atoms with Gasteiger partial charge in [-0.1, -0.05) is 18.2 Å². The first kappa shape index (κ1) is 13.6. The molecule has 0 saturated heterocycles. The zero-order chi connectivity index (χ0) is 14.5. The summed E-state index contributed by atoms with van der Waals surface area (Å²) in [5, 5.41) is 11.9. The van der Waals surface area contributed by atoms with Gasteiger partial charge in [0, 0.05) is 11.8 Å². The van der Waals surface area contributed by atoms with Crippen LogP contribution in [0, 0.1) is 25.2 Å². The Bertz CT molecular complexity index is 672. The van der Waals surface area contributed by atoms with Crippen LogP contribution in [0.4, 0.5) is 5.69 Å². The third-order valence-electron chi connectivity index (χ3n) is 2.91. The smallest absolute Gasteiger partial charge is 0.266 e. The van der Waals surface area contributed by atoms with Gasteiger partial charge in [-0.05, 0) is 37.1 Å². The summed E-state index contributed by atoms with van der Waals surface area (Å²) in [6, 6.07) is 11.0. The monoisotopic (exact) mass is 266 g/mol. The topological polar surface area (TPSA) is 66.0 Å². The summed E-state index contributed by atoms with van der Waals surface area (Å²) in [7, 11) is 0. The standard InChI is InChI=1S/C16H14N2O2/c1-11-5-3-6-12(2)15(11)18-16(19)13(10-17)9-14-7-4-8-20-14/h3-9H,1-2H3,(H,18,19)/b13-9-. The predicted molar refractivity (Wildman–Crippen MR) is 76.8 cm³/mol. The number of amides is 1. The molecule has 1 amide bonds. The minimum Gasteiger partial charge on any atom is -0.465 e. The lowest BCUT2D eigenvalue weighted by Gasteiger charge is -2.10. The van der Waals surface area contributed by atoms with Crippen LogP contribution in [-0.2, 0) is 4.79 Å². The molecule has 0 radical (unpaired) electrons. The van der Waals surface area contributed by atoms with Crippen molar-refractivity contribution in [3.8, 4) is 6.07 Å². The van der Waals surface area contributed by atoms with Crippen molar-refractivity contribution in [1.82, 2.24) is 0 Å². The van der Waals surface area contributed by atoms with Crippen molar-refractivity contribution < 1.29 is 9.21 Å². The molecule has 0 aliphatic carbocycles. The zero-order valence-electron chi connectivity index (χ0n) is 11.3. The summed E-state index contributed by atoms with van der Waals surface area (Å²) in [6.45, 7) is 3.82. The Morgan fingerprint density at radius 2 is 1.95 bits per heavy atom. The number of nitrogens with one attached hydrogen (secondary N) is 1. The van der Waals surface area contributed by atoms with Gasteiger partial charge in [-0.3, -0.25) is 4.79 Å². The molecule has 2 rings (SSSR count).